The number of furan rings is 1. The largest absolute Gasteiger partial charge is 0.468 e. The van der Waals surface area contributed by atoms with E-state index in [9.17, 15) is 0 Å². The molecule has 0 aliphatic carbocycles. The Labute approximate surface area is 149 Å². The van der Waals surface area contributed by atoms with Crippen molar-refractivity contribution in [1.29, 1.82) is 0 Å². The molecule has 0 bridgehead atoms. The predicted octanol–water partition coefficient (Wildman–Crippen LogP) is 2.75. The van der Waals surface area contributed by atoms with Crippen LogP contribution >= 0.6 is 0 Å². The van der Waals surface area contributed by atoms with Gasteiger partial charge >= 0.3 is 0 Å². The van der Waals surface area contributed by atoms with E-state index < -0.39 is 0 Å². The Bertz CT molecular complexity index is 646. The first-order valence-corrected chi connectivity index (χ1v) is 8.68. The first kappa shape index (κ1) is 19.1. The quantitative estimate of drug-likeness (QED) is 0.565. The lowest BCUT2D eigenvalue weighted by Crippen LogP contribution is -2.41. The number of likely N-dealkylation sites (N-methyl/N-ethyl adjacent to an activating group) is 1. The second-order valence-corrected chi connectivity index (χ2v) is 6.44. The van der Waals surface area contributed by atoms with Gasteiger partial charge < -0.3 is 19.6 Å². The summed E-state index contributed by atoms with van der Waals surface area (Å²) in [7, 11) is 4.06. The van der Waals surface area contributed by atoms with Gasteiger partial charge in [0.1, 0.15) is 12.3 Å². The molecule has 2 aromatic heterocycles. The molecule has 138 valence electrons. The summed E-state index contributed by atoms with van der Waals surface area (Å²) in [5, 5.41) is 10.7. The van der Waals surface area contributed by atoms with Crippen molar-refractivity contribution in [2.75, 3.05) is 27.2 Å². The lowest BCUT2D eigenvalue weighted by molar-refractivity contribution is 0.258. The SMILES string of the molecule is CCNC(=NCc1cc(C(C)C)no1)NCC(c1ccco1)N(C)C. The Balaban J connectivity index is 1.98. The molecule has 0 amide bonds. The molecule has 2 rings (SSSR count). The molecule has 7 heteroatoms. The third-order valence-electron chi connectivity index (χ3n) is 3.86. The van der Waals surface area contributed by atoms with E-state index in [2.05, 4.69) is 39.5 Å². The molecule has 7 nitrogen and oxygen atoms in total. The van der Waals surface area contributed by atoms with Gasteiger partial charge in [-0.1, -0.05) is 19.0 Å². The Morgan fingerprint density at radius 2 is 2.12 bits per heavy atom. The summed E-state index contributed by atoms with van der Waals surface area (Å²) >= 11 is 0. The van der Waals surface area contributed by atoms with E-state index in [1.54, 1.807) is 6.26 Å². The Morgan fingerprint density at radius 3 is 2.68 bits per heavy atom. The van der Waals surface area contributed by atoms with Crippen LogP contribution in [0.3, 0.4) is 0 Å². The number of aliphatic imine (C=N–C) groups is 1. The zero-order valence-corrected chi connectivity index (χ0v) is 15.7. The third-order valence-corrected chi connectivity index (χ3v) is 3.86. The highest BCUT2D eigenvalue weighted by Gasteiger charge is 2.17. The highest BCUT2D eigenvalue weighted by Crippen LogP contribution is 2.17. The molecular weight excluding hydrogens is 318 g/mol. The van der Waals surface area contributed by atoms with Gasteiger partial charge in [-0.2, -0.15) is 0 Å². The summed E-state index contributed by atoms with van der Waals surface area (Å²) in [6.45, 7) is 8.13. The zero-order valence-electron chi connectivity index (χ0n) is 15.7. The Hall–Kier alpha value is -2.28. The van der Waals surface area contributed by atoms with Crippen molar-refractivity contribution in [1.82, 2.24) is 20.7 Å². The van der Waals surface area contributed by atoms with E-state index in [4.69, 9.17) is 8.94 Å². The van der Waals surface area contributed by atoms with Crippen LogP contribution in [0.15, 0.2) is 38.4 Å². The maximum absolute atomic E-state index is 5.54. The maximum Gasteiger partial charge on any atom is 0.191 e. The third kappa shape index (κ3) is 5.63. The number of rotatable bonds is 8. The van der Waals surface area contributed by atoms with Gasteiger partial charge in [0.25, 0.3) is 0 Å². The summed E-state index contributed by atoms with van der Waals surface area (Å²) in [5.74, 6) is 2.77. The highest BCUT2D eigenvalue weighted by atomic mass is 16.5. The van der Waals surface area contributed by atoms with Gasteiger partial charge in [0.2, 0.25) is 0 Å². The minimum atomic E-state index is 0.122. The number of hydrogen-bond donors (Lipinski definition) is 2. The van der Waals surface area contributed by atoms with Crippen LogP contribution in [0.25, 0.3) is 0 Å². The van der Waals surface area contributed by atoms with Crippen LogP contribution in [-0.2, 0) is 6.54 Å². The number of nitrogens with one attached hydrogen (secondary N) is 2. The molecular formula is C18H29N5O2. The zero-order chi connectivity index (χ0) is 18.2. The standard InChI is InChI=1S/C18H29N5O2/c1-6-19-18(20-11-14-10-15(13(2)3)22-25-14)21-12-16(23(4)5)17-8-7-9-24-17/h7-10,13,16H,6,11-12H2,1-5H3,(H2,19,20,21). The monoisotopic (exact) mass is 347 g/mol. The van der Waals surface area contributed by atoms with Crippen molar-refractivity contribution in [3.8, 4) is 0 Å². The highest BCUT2D eigenvalue weighted by molar-refractivity contribution is 5.79. The lowest BCUT2D eigenvalue weighted by Gasteiger charge is -2.23. The lowest BCUT2D eigenvalue weighted by atomic mass is 10.1. The predicted molar refractivity (Wildman–Crippen MR) is 98.5 cm³/mol. The molecule has 0 aliphatic rings. The summed E-state index contributed by atoms with van der Waals surface area (Å²) in [6.07, 6.45) is 1.70. The minimum absolute atomic E-state index is 0.122. The molecule has 0 saturated heterocycles. The van der Waals surface area contributed by atoms with Crippen molar-refractivity contribution >= 4 is 5.96 Å². The average molecular weight is 347 g/mol. The smallest absolute Gasteiger partial charge is 0.191 e. The molecule has 0 saturated carbocycles. The second-order valence-electron chi connectivity index (χ2n) is 6.44. The fourth-order valence-electron chi connectivity index (χ4n) is 2.39. The van der Waals surface area contributed by atoms with E-state index in [1.807, 2.05) is 39.2 Å². The molecule has 0 radical (unpaired) electrons. The van der Waals surface area contributed by atoms with Crippen LogP contribution in [0.5, 0.6) is 0 Å². The molecule has 2 N–H and O–H groups in total. The fourth-order valence-corrected chi connectivity index (χ4v) is 2.39. The fraction of sp³-hybridized carbons (Fsp3) is 0.556. The number of aromatic nitrogens is 1. The van der Waals surface area contributed by atoms with Crippen LogP contribution in [0.4, 0.5) is 0 Å². The number of nitrogens with zero attached hydrogens (tertiary/aromatic N) is 3. The van der Waals surface area contributed by atoms with Crippen molar-refractivity contribution < 1.29 is 8.94 Å². The van der Waals surface area contributed by atoms with Crippen molar-refractivity contribution in [3.05, 3.63) is 41.7 Å². The van der Waals surface area contributed by atoms with Gasteiger partial charge in [-0.3, -0.25) is 4.90 Å². The number of guanidine groups is 1. The number of hydrogen-bond acceptors (Lipinski definition) is 5. The molecule has 1 unspecified atom stereocenters. The van der Waals surface area contributed by atoms with Gasteiger partial charge in [0.15, 0.2) is 11.7 Å². The molecule has 2 heterocycles. The molecule has 1 atom stereocenters. The van der Waals surface area contributed by atoms with Gasteiger partial charge in [0.05, 0.1) is 18.0 Å². The van der Waals surface area contributed by atoms with Crippen LogP contribution in [0, 0.1) is 0 Å². The molecule has 0 fully saturated rings. The first-order chi connectivity index (χ1) is 12.0. The summed E-state index contributed by atoms with van der Waals surface area (Å²) in [6, 6.07) is 5.97. The van der Waals surface area contributed by atoms with Crippen molar-refractivity contribution in [3.63, 3.8) is 0 Å². The van der Waals surface area contributed by atoms with Crippen LogP contribution in [-0.4, -0.2) is 43.2 Å². The van der Waals surface area contributed by atoms with Crippen molar-refractivity contribution in [2.24, 2.45) is 4.99 Å². The summed E-state index contributed by atoms with van der Waals surface area (Å²) in [5.41, 5.74) is 0.952. The molecule has 2 aromatic rings. The topological polar surface area (TPSA) is 78.8 Å². The first-order valence-electron chi connectivity index (χ1n) is 8.68. The van der Waals surface area contributed by atoms with E-state index in [0.717, 1.165) is 29.7 Å². The van der Waals surface area contributed by atoms with E-state index >= 15 is 0 Å². The minimum Gasteiger partial charge on any atom is -0.468 e. The van der Waals surface area contributed by atoms with Crippen LogP contribution in [0.1, 0.15) is 49.9 Å². The van der Waals surface area contributed by atoms with Gasteiger partial charge in [0, 0.05) is 19.2 Å². The van der Waals surface area contributed by atoms with E-state index in [-0.39, 0.29) is 6.04 Å². The van der Waals surface area contributed by atoms with E-state index in [1.165, 1.54) is 0 Å². The van der Waals surface area contributed by atoms with Crippen LogP contribution < -0.4 is 10.6 Å². The molecule has 0 spiro atoms. The molecule has 0 aliphatic heterocycles. The summed E-state index contributed by atoms with van der Waals surface area (Å²) in [4.78, 5) is 6.69. The summed E-state index contributed by atoms with van der Waals surface area (Å²) < 4.78 is 10.9. The van der Waals surface area contributed by atoms with Crippen molar-refractivity contribution in [2.45, 2.75) is 39.3 Å². The Morgan fingerprint density at radius 1 is 1.32 bits per heavy atom. The van der Waals surface area contributed by atoms with Gasteiger partial charge in [-0.05, 0) is 39.1 Å². The Kier molecular flexibility index (Phi) is 7.06. The van der Waals surface area contributed by atoms with Gasteiger partial charge in [-0.15, -0.1) is 0 Å². The maximum atomic E-state index is 5.54. The van der Waals surface area contributed by atoms with Crippen LogP contribution in [0.2, 0.25) is 0 Å². The second kappa shape index (κ2) is 9.27. The van der Waals surface area contributed by atoms with Gasteiger partial charge in [-0.25, -0.2) is 4.99 Å². The molecule has 25 heavy (non-hydrogen) atoms. The molecule has 0 aromatic carbocycles. The average Bonchev–Trinajstić information content (AvgIpc) is 3.24. The normalized spacial score (nSPS) is 13.5. The van der Waals surface area contributed by atoms with E-state index in [0.29, 0.717) is 19.0 Å².